The average Bonchev–Trinajstić information content (AvgIpc) is 3.07. The summed E-state index contributed by atoms with van der Waals surface area (Å²) in [5.41, 5.74) is 7.03. The molecular formula is C34H31N9O3. The molecule has 12 nitrogen and oxygen atoms in total. The molecule has 46 heavy (non-hydrogen) atoms. The normalized spacial score (nSPS) is 12.8. The number of pyridine rings is 2. The van der Waals surface area contributed by atoms with Crippen molar-refractivity contribution < 1.29 is 14.4 Å². The Bertz CT molecular complexity index is 1860. The lowest BCUT2D eigenvalue weighted by molar-refractivity contribution is -0.120. The van der Waals surface area contributed by atoms with Crippen LogP contribution in [0.25, 0.3) is 11.3 Å². The van der Waals surface area contributed by atoms with E-state index in [0.29, 0.717) is 42.5 Å². The summed E-state index contributed by atoms with van der Waals surface area (Å²) in [7, 11) is 0. The Labute approximate surface area is 265 Å². The van der Waals surface area contributed by atoms with E-state index >= 15 is 0 Å². The third kappa shape index (κ3) is 7.37. The van der Waals surface area contributed by atoms with Gasteiger partial charge in [0, 0.05) is 67.1 Å². The first-order valence-electron chi connectivity index (χ1n) is 14.7. The highest BCUT2D eigenvalue weighted by Crippen LogP contribution is 2.25. The van der Waals surface area contributed by atoms with Crippen molar-refractivity contribution in [1.29, 1.82) is 0 Å². The van der Waals surface area contributed by atoms with Crippen molar-refractivity contribution in [3.05, 3.63) is 120 Å². The molecule has 0 atom stereocenters. The van der Waals surface area contributed by atoms with Gasteiger partial charge in [-0.3, -0.25) is 29.8 Å². The summed E-state index contributed by atoms with van der Waals surface area (Å²) in [6.45, 7) is 3.41. The Balaban J connectivity index is 1.01. The molecule has 0 spiro atoms. The quantitative estimate of drug-likeness (QED) is 0.171. The third-order valence-corrected chi connectivity index (χ3v) is 7.38. The molecule has 2 aromatic carbocycles. The number of carbonyl (C=O) groups excluding carboxylic acids is 3. The summed E-state index contributed by atoms with van der Waals surface area (Å²) in [6, 6.07) is 21.9. The van der Waals surface area contributed by atoms with Gasteiger partial charge in [0.2, 0.25) is 11.9 Å². The van der Waals surface area contributed by atoms with Crippen LogP contribution in [-0.4, -0.2) is 44.3 Å². The number of amides is 4. The van der Waals surface area contributed by atoms with Crippen LogP contribution in [-0.2, 0) is 17.9 Å². The van der Waals surface area contributed by atoms with Crippen LogP contribution in [0.1, 0.15) is 33.6 Å². The van der Waals surface area contributed by atoms with Crippen LogP contribution in [0.5, 0.6) is 0 Å². The van der Waals surface area contributed by atoms with E-state index in [9.17, 15) is 14.4 Å². The number of anilines is 4. The van der Waals surface area contributed by atoms with Crippen LogP contribution in [0.3, 0.4) is 0 Å². The van der Waals surface area contributed by atoms with E-state index in [1.165, 1.54) is 4.90 Å². The van der Waals surface area contributed by atoms with Crippen molar-refractivity contribution in [3.63, 3.8) is 0 Å². The first-order valence-corrected chi connectivity index (χ1v) is 14.7. The zero-order chi connectivity index (χ0) is 31.9. The predicted octanol–water partition coefficient (Wildman–Crippen LogP) is 4.97. The lowest BCUT2D eigenvalue weighted by atomic mass is 10.1. The summed E-state index contributed by atoms with van der Waals surface area (Å²) in [5.74, 6) is -0.0523. The van der Waals surface area contributed by atoms with Crippen LogP contribution in [0.15, 0.2) is 97.6 Å². The minimum Gasteiger partial charge on any atom is -0.324 e. The van der Waals surface area contributed by atoms with Gasteiger partial charge in [0.1, 0.15) is 0 Å². The molecule has 0 unspecified atom stereocenters. The molecule has 5 aromatic rings. The Hall–Kier alpha value is -6.01. The summed E-state index contributed by atoms with van der Waals surface area (Å²) >= 11 is 0. The van der Waals surface area contributed by atoms with Crippen molar-refractivity contribution in [2.45, 2.75) is 26.4 Å². The zero-order valence-electron chi connectivity index (χ0n) is 25.0. The van der Waals surface area contributed by atoms with Gasteiger partial charge >= 0.3 is 6.03 Å². The summed E-state index contributed by atoms with van der Waals surface area (Å²) in [6.07, 6.45) is 7.05. The van der Waals surface area contributed by atoms with Crippen molar-refractivity contribution >= 4 is 40.9 Å². The molecule has 6 rings (SSSR count). The lowest BCUT2D eigenvalue weighted by Crippen LogP contribution is -2.49. The predicted molar refractivity (Wildman–Crippen MR) is 174 cm³/mol. The Morgan fingerprint density at radius 1 is 0.935 bits per heavy atom. The maximum Gasteiger partial charge on any atom is 0.328 e. The van der Waals surface area contributed by atoms with E-state index in [-0.39, 0.29) is 18.2 Å². The second-order valence-corrected chi connectivity index (χ2v) is 10.7. The smallest absolute Gasteiger partial charge is 0.324 e. The van der Waals surface area contributed by atoms with Crippen molar-refractivity contribution in [3.8, 4) is 11.3 Å². The zero-order valence-corrected chi connectivity index (χ0v) is 25.0. The van der Waals surface area contributed by atoms with Gasteiger partial charge in [-0.2, -0.15) is 0 Å². The van der Waals surface area contributed by atoms with Gasteiger partial charge in [0.25, 0.3) is 5.91 Å². The van der Waals surface area contributed by atoms with E-state index in [4.69, 9.17) is 0 Å². The lowest BCUT2D eigenvalue weighted by Gasteiger charge is -2.26. The highest BCUT2D eigenvalue weighted by molar-refractivity contribution is 6.05. The molecule has 4 N–H and O–H groups in total. The molecule has 4 heterocycles. The van der Waals surface area contributed by atoms with E-state index in [0.717, 1.165) is 33.8 Å². The first-order chi connectivity index (χ1) is 22.4. The number of hydrogen-bond donors (Lipinski definition) is 4. The highest BCUT2D eigenvalue weighted by atomic mass is 16.2. The highest BCUT2D eigenvalue weighted by Gasteiger charge is 2.24. The van der Waals surface area contributed by atoms with Crippen LogP contribution in [0.4, 0.5) is 27.8 Å². The number of hydrogen-bond acceptors (Lipinski definition) is 9. The van der Waals surface area contributed by atoms with Crippen molar-refractivity contribution in [2.24, 2.45) is 0 Å². The number of aromatic nitrogens is 4. The Morgan fingerprint density at radius 2 is 1.80 bits per heavy atom. The van der Waals surface area contributed by atoms with E-state index in [2.05, 4.69) is 41.2 Å². The third-order valence-electron chi connectivity index (χ3n) is 7.38. The summed E-state index contributed by atoms with van der Waals surface area (Å²) in [5, 5.41) is 11.9. The monoisotopic (exact) mass is 613 g/mol. The maximum atomic E-state index is 13.0. The number of imide groups is 1. The van der Waals surface area contributed by atoms with Gasteiger partial charge in [-0.05, 0) is 72.6 Å². The number of rotatable bonds is 10. The largest absolute Gasteiger partial charge is 0.328 e. The fourth-order valence-electron chi connectivity index (χ4n) is 4.85. The fraction of sp³-hybridized carbons (Fsp3) is 0.147. The molecule has 0 saturated carbocycles. The van der Waals surface area contributed by atoms with Gasteiger partial charge in [0.15, 0.2) is 0 Å². The van der Waals surface area contributed by atoms with Gasteiger partial charge in [-0.25, -0.2) is 14.8 Å². The fourth-order valence-corrected chi connectivity index (χ4v) is 4.85. The number of benzene rings is 2. The molecule has 230 valence electrons. The van der Waals surface area contributed by atoms with E-state index in [1.807, 2.05) is 67.6 Å². The molecule has 4 amide bonds. The molecule has 1 aliphatic heterocycles. The molecular weight excluding hydrogens is 582 g/mol. The van der Waals surface area contributed by atoms with Crippen molar-refractivity contribution in [2.75, 3.05) is 22.1 Å². The van der Waals surface area contributed by atoms with Crippen molar-refractivity contribution in [1.82, 2.24) is 30.6 Å². The van der Waals surface area contributed by atoms with Gasteiger partial charge < -0.3 is 16.0 Å². The van der Waals surface area contributed by atoms with E-state index < -0.39 is 6.03 Å². The molecule has 1 saturated heterocycles. The topological polar surface area (TPSA) is 154 Å². The minimum atomic E-state index is -0.434. The second kappa shape index (κ2) is 13.7. The number of nitrogens with one attached hydrogen (secondary N) is 4. The average molecular weight is 614 g/mol. The van der Waals surface area contributed by atoms with Crippen LogP contribution >= 0.6 is 0 Å². The standard InChI is InChI=1S/C34H31N9O3/c1-22-4-9-26(17-30(22)41-33-37-15-12-29(40-33)25-3-2-14-35-19-25)39-32(45)24-7-5-23(6-8-24)18-36-20-27-10-11-28(21-38-27)43-16-13-31(44)42-34(43)46/h2-12,14-15,17,19,21,36H,13,16,18,20H2,1H3,(H,39,45)(H,37,40,41)(H,42,44,46). The maximum absolute atomic E-state index is 13.0. The number of carbonyl (C=O) groups is 3. The molecule has 1 fully saturated rings. The second-order valence-electron chi connectivity index (χ2n) is 10.7. The van der Waals surface area contributed by atoms with Crippen LogP contribution in [0.2, 0.25) is 0 Å². The molecule has 12 heteroatoms. The minimum absolute atomic E-state index is 0.222. The molecule has 0 bridgehead atoms. The van der Waals surface area contributed by atoms with Crippen LogP contribution < -0.4 is 26.2 Å². The van der Waals surface area contributed by atoms with Gasteiger partial charge in [0.05, 0.1) is 23.3 Å². The summed E-state index contributed by atoms with van der Waals surface area (Å²) < 4.78 is 0. The number of urea groups is 1. The Kier molecular flexibility index (Phi) is 8.97. The SMILES string of the molecule is Cc1ccc(NC(=O)c2ccc(CNCc3ccc(N4CCC(=O)NC4=O)cn3)cc2)cc1Nc1nccc(-c2cccnc2)n1. The van der Waals surface area contributed by atoms with E-state index in [1.54, 1.807) is 36.9 Å². The molecule has 0 aliphatic carbocycles. The molecule has 3 aromatic heterocycles. The Morgan fingerprint density at radius 3 is 2.57 bits per heavy atom. The van der Waals surface area contributed by atoms with Gasteiger partial charge in [-0.15, -0.1) is 0 Å². The number of aryl methyl sites for hydroxylation is 1. The van der Waals surface area contributed by atoms with Gasteiger partial charge in [-0.1, -0.05) is 18.2 Å². The molecule has 0 radical (unpaired) electrons. The molecule has 1 aliphatic rings. The van der Waals surface area contributed by atoms with Crippen LogP contribution in [0, 0.1) is 6.92 Å². The first kappa shape index (κ1) is 30.0. The number of nitrogens with zero attached hydrogens (tertiary/aromatic N) is 5. The summed E-state index contributed by atoms with van der Waals surface area (Å²) in [4.78, 5) is 55.5.